The average Bonchev–Trinajstić information content (AvgIpc) is 1.95. The van der Waals surface area contributed by atoms with E-state index in [0.717, 1.165) is 17.5 Å². The Hall–Kier alpha value is -0.980. The Morgan fingerprint density at radius 2 is 2.10 bits per heavy atom. The lowest BCUT2D eigenvalue weighted by Crippen LogP contribution is -1.85. The number of aryl methyl sites for hydroxylation is 2. The standard InChI is InChI=1S/C9H12N/c1-3-8-6-4-5-7(2)9(8)10/h4-6,10H,3H2,1-2H3. The van der Waals surface area contributed by atoms with Gasteiger partial charge in [0.05, 0.1) is 5.69 Å². The summed E-state index contributed by atoms with van der Waals surface area (Å²) in [6, 6.07) is 5.99. The molecule has 1 N–H and O–H groups in total. The molecule has 0 heterocycles. The Kier molecular flexibility index (Phi) is 1.95. The zero-order valence-corrected chi connectivity index (χ0v) is 6.44. The van der Waals surface area contributed by atoms with Crippen LogP contribution in [0, 0.1) is 6.92 Å². The van der Waals surface area contributed by atoms with Crippen molar-refractivity contribution < 1.29 is 0 Å². The van der Waals surface area contributed by atoms with Crippen molar-refractivity contribution in [1.82, 2.24) is 5.73 Å². The number of hydrogen-bond acceptors (Lipinski definition) is 0. The Bertz CT molecular complexity index is 228. The third-order valence-electron chi connectivity index (χ3n) is 1.74. The molecule has 1 aromatic carbocycles. The van der Waals surface area contributed by atoms with Crippen molar-refractivity contribution in [3.63, 3.8) is 0 Å². The van der Waals surface area contributed by atoms with Crippen molar-refractivity contribution >= 4 is 5.69 Å². The first-order chi connectivity index (χ1) is 4.75. The molecule has 0 aliphatic heterocycles. The summed E-state index contributed by atoms with van der Waals surface area (Å²) in [7, 11) is 0. The van der Waals surface area contributed by atoms with Gasteiger partial charge in [-0.2, -0.15) is 0 Å². The van der Waals surface area contributed by atoms with Gasteiger partial charge >= 0.3 is 0 Å². The maximum absolute atomic E-state index is 7.60. The molecular weight excluding hydrogens is 122 g/mol. The average molecular weight is 134 g/mol. The first kappa shape index (κ1) is 7.13. The lowest BCUT2D eigenvalue weighted by atomic mass is 10.1. The first-order valence-corrected chi connectivity index (χ1v) is 3.55. The van der Waals surface area contributed by atoms with Gasteiger partial charge < -0.3 is 5.73 Å². The summed E-state index contributed by atoms with van der Waals surface area (Å²) in [6.07, 6.45) is 0.959. The van der Waals surface area contributed by atoms with Gasteiger partial charge in [0.15, 0.2) is 0 Å². The third-order valence-corrected chi connectivity index (χ3v) is 1.74. The van der Waals surface area contributed by atoms with Crippen molar-refractivity contribution in [2.75, 3.05) is 0 Å². The molecule has 1 heteroatoms. The summed E-state index contributed by atoms with van der Waals surface area (Å²) in [4.78, 5) is 0. The molecule has 1 aromatic rings. The molecule has 1 rings (SSSR count). The van der Waals surface area contributed by atoms with E-state index >= 15 is 0 Å². The normalized spacial score (nSPS) is 9.80. The predicted molar refractivity (Wildman–Crippen MR) is 43.3 cm³/mol. The molecule has 0 amide bonds. The summed E-state index contributed by atoms with van der Waals surface area (Å²) < 4.78 is 0. The molecule has 1 radical (unpaired) electrons. The van der Waals surface area contributed by atoms with E-state index in [1.54, 1.807) is 0 Å². The molecule has 10 heavy (non-hydrogen) atoms. The fraction of sp³-hybridized carbons (Fsp3) is 0.333. The van der Waals surface area contributed by atoms with Crippen molar-refractivity contribution in [3.8, 4) is 0 Å². The molecule has 1 nitrogen and oxygen atoms in total. The molecule has 53 valence electrons. The molecule has 0 spiro atoms. The van der Waals surface area contributed by atoms with Crippen molar-refractivity contribution in [2.45, 2.75) is 20.3 Å². The van der Waals surface area contributed by atoms with Crippen molar-refractivity contribution in [3.05, 3.63) is 29.3 Å². The topological polar surface area (TPSA) is 23.8 Å². The molecule has 0 fully saturated rings. The van der Waals surface area contributed by atoms with Crippen LogP contribution in [0.2, 0.25) is 0 Å². The quantitative estimate of drug-likeness (QED) is 0.563. The Morgan fingerprint density at radius 1 is 1.40 bits per heavy atom. The second-order valence-electron chi connectivity index (χ2n) is 2.46. The summed E-state index contributed by atoms with van der Waals surface area (Å²) in [5.41, 5.74) is 10.5. The van der Waals surface area contributed by atoms with Crippen LogP contribution in [0.15, 0.2) is 18.2 Å². The highest BCUT2D eigenvalue weighted by molar-refractivity contribution is 5.49. The van der Waals surface area contributed by atoms with Crippen LogP contribution >= 0.6 is 0 Å². The number of rotatable bonds is 1. The van der Waals surface area contributed by atoms with E-state index < -0.39 is 0 Å². The molecule has 0 bridgehead atoms. The number of benzene rings is 1. The second kappa shape index (κ2) is 2.74. The van der Waals surface area contributed by atoms with Crippen LogP contribution in [0.3, 0.4) is 0 Å². The highest BCUT2D eigenvalue weighted by Gasteiger charge is 1.97. The minimum Gasteiger partial charge on any atom is -0.300 e. The monoisotopic (exact) mass is 134 g/mol. The van der Waals surface area contributed by atoms with Gasteiger partial charge in [0, 0.05) is 0 Å². The van der Waals surface area contributed by atoms with Crippen LogP contribution in [0.25, 0.3) is 0 Å². The predicted octanol–water partition coefficient (Wildman–Crippen LogP) is 2.47. The van der Waals surface area contributed by atoms with Crippen molar-refractivity contribution in [2.24, 2.45) is 0 Å². The van der Waals surface area contributed by atoms with Crippen LogP contribution in [-0.2, 0) is 6.42 Å². The van der Waals surface area contributed by atoms with Gasteiger partial charge in [-0.25, -0.2) is 0 Å². The van der Waals surface area contributed by atoms with E-state index in [2.05, 4.69) is 6.92 Å². The largest absolute Gasteiger partial charge is 0.300 e. The van der Waals surface area contributed by atoms with Crippen LogP contribution in [0.5, 0.6) is 0 Å². The van der Waals surface area contributed by atoms with E-state index in [1.165, 1.54) is 0 Å². The van der Waals surface area contributed by atoms with E-state index in [9.17, 15) is 0 Å². The lowest BCUT2D eigenvalue weighted by molar-refractivity contribution is 1.12. The molecule has 0 aliphatic carbocycles. The summed E-state index contributed by atoms with van der Waals surface area (Å²) >= 11 is 0. The molecule has 0 aromatic heterocycles. The zero-order valence-electron chi connectivity index (χ0n) is 6.44. The van der Waals surface area contributed by atoms with Gasteiger partial charge in [-0.05, 0) is 24.5 Å². The molecule has 0 saturated carbocycles. The fourth-order valence-corrected chi connectivity index (χ4v) is 1.02. The maximum atomic E-state index is 7.60. The zero-order chi connectivity index (χ0) is 7.56. The van der Waals surface area contributed by atoms with Gasteiger partial charge in [0.1, 0.15) is 0 Å². The van der Waals surface area contributed by atoms with Crippen molar-refractivity contribution in [1.29, 1.82) is 0 Å². The Labute approximate surface area is 61.9 Å². The van der Waals surface area contributed by atoms with Gasteiger partial charge in [0.25, 0.3) is 0 Å². The second-order valence-corrected chi connectivity index (χ2v) is 2.46. The minimum absolute atomic E-state index is 0.699. The fourth-order valence-electron chi connectivity index (χ4n) is 1.02. The van der Waals surface area contributed by atoms with Gasteiger partial charge in [0.2, 0.25) is 0 Å². The maximum Gasteiger partial charge on any atom is 0.0600 e. The van der Waals surface area contributed by atoms with E-state index in [1.807, 2.05) is 25.1 Å². The van der Waals surface area contributed by atoms with E-state index in [-0.39, 0.29) is 0 Å². The molecule has 0 unspecified atom stereocenters. The third kappa shape index (κ3) is 1.13. The minimum atomic E-state index is 0.699. The smallest absolute Gasteiger partial charge is 0.0600 e. The highest BCUT2D eigenvalue weighted by atomic mass is 14.6. The van der Waals surface area contributed by atoms with Crippen LogP contribution in [-0.4, -0.2) is 0 Å². The van der Waals surface area contributed by atoms with Gasteiger partial charge in [-0.1, -0.05) is 25.1 Å². The Morgan fingerprint density at radius 3 is 2.60 bits per heavy atom. The molecular formula is C9H12N. The first-order valence-electron chi connectivity index (χ1n) is 3.55. The van der Waals surface area contributed by atoms with E-state index in [0.29, 0.717) is 5.69 Å². The summed E-state index contributed by atoms with van der Waals surface area (Å²) in [5.74, 6) is 0. The van der Waals surface area contributed by atoms with Gasteiger partial charge in [-0.15, -0.1) is 0 Å². The van der Waals surface area contributed by atoms with E-state index in [4.69, 9.17) is 5.73 Å². The molecule has 0 atom stereocenters. The summed E-state index contributed by atoms with van der Waals surface area (Å²) in [6.45, 7) is 4.05. The van der Waals surface area contributed by atoms with Gasteiger partial charge in [-0.3, -0.25) is 0 Å². The number of hydrogen-bond donors (Lipinski definition) is 0. The summed E-state index contributed by atoms with van der Waals surface area (Å²) in [5, 5.41) is 0. The van der Waals surface area contributed by atoms with Crippen LogP contribution in [0.1, 0.15) is 18.1 Å². The molecule has 0 aliphatic rings. The SMILES string of the molecule is CCc1cccc(C)c1[NH]. The molecule has 0 saturated heterocycles. The number of nitrogens with one attached hydrogen (secondary N) is 1. The lowest BCUT2D eigenvalue weighted by Gasteiger charge is -2.02. The Balaban J connectivity index is 3.14. The van der Waals surface area contributed by atoms with Crippen LogP contribution in [0.4, 0.5) is 5.69 Å². The van der Waals surface area contributed by atoms with Crippen LogP contribution < -0.4 is 5.73 Å². The highest BCUT2D eigenvalue weighted by Crippen LogP contribution is 2.17.